The second-order valence-corrected chi connectivity index (χ2v) is 28.5. The summed E-state index contributed by atoms with van der Waals surface area (Å²) in [6, 6.07) is 46.4. The summed E-state index contributed by atoms with van der Waals surface area (Å²) in [4.78, 5) is 87.6. The van der Waals surface area contributed by atoms with Gasteiger partial charge in [0, 0.05) is 177 Å². The Bertz CT molecular complexity index is 7410. The smallest absolute Gasteiger partial charge is 0.257 e. The molecular weight excluding hydrogens is 1550 g/mol. The normalized spacial score (nSPS) is 12.6. The van der Waals surface area contributed by atoms with Crippen LogP contribution in [0.1, 0.15) is 22.5 Å². The van der Waals surface area contributed by atoms with E-state index < -0.39 is 29.1 Å². The van der Waals surface area contributed by atoms with Crippen molar-refractivity contribution in [3.8, 4) is 78.5 Å². The van der Waals surface area contributed by atoms with Crippen LogP contribution in [0.2, 0.25) is 5.02 Å². The number of anilines is 1. The van der Waals surface area contributed by atoms with Crippen LogP contribution >= 0.6 is 11.6 Å². The first-order valence-corrected chi connectivity index (χ1v) is 38.3. The Balaban J connectivity index is 0.000000111. The average molecular weight is 1610 g/mol. The van der Waals surface area contributed by atoms with Gasteiger partial charge in [-0.05, 0) is 215 Å². The van der Waals surface area contributed by atoms with Gasteiger partial charge in [0.05, 0.1) is 70.6 Å². The molecule has 16 aromatic heterocycles. The predicted octanol–water partition coefficient (Wildman–Crippen LogP) is 18.6. The molecule has 2 aliphatic rings. The fraction of sp³-hybridized carbons (Fsp3) is 0.0860. The van der Waals surface area contributed by atoms with Crippen molar-refractivity contribution < 1.29 is 31.1 Å². The number of hydrogen-bond acceptors (Lipinski definition) is 19. The Morgan fingerprint density at radius 3 is 1.69 bits per heavy atom. The average Bonchev–Trinajstić information content (AvgIpc) is 1.08. The lowest BCUT2D eigenvalue weighted by molar-refractivity contribution is 0.0364. The van der Waals surface area contributed by atoms with Crippen molar-refractivity contribution in [2.75, 3.05) is 38.6 Å². The van der Waals surface area contributed by atoms with Crippen LogP contribution in [0, 0.1) is 36.0 Å². The highest BCUT2D eigenvalue weighted by molar-refractivity contribution is 6.31. The van der Waals surface area contributed by atoms with Crippen LogP contribution in [0.25, 0.3) is 161 Å². The van der Waals surface area contributed by atoms with Gasteiger partial charge in [-0.2, -0.15) is 0 Å². The van der Waals surface area contributed by atoms with E-state index in [1.165, 1.54) is 53.2 Å². The van der Waals surface area contributed by atoms with Gasteiger partial charge < -0.3 is 24.4 Å². The van der Waals surface area contributed by atoms with Crippen molar-refractivity contribution in [2.45, 2.75) is 19.9 Å². The molecule has 0 bridgehead atoms. The van der Waals surface area contributed by atoms with Crippen LogP contribution in [0.4, 0.5) is 27.8 Å². The molecule has 0 amide bonds. The molecule has 120 heavy (non-hydrogen) atoms. The number of ether oxygens (including phenoxy) is 1. The molecule has 21 rings (SSSR count). The molecule has 1 fully saturated rings. The number of benzene rings is 3. The SMILES string of the molecule is Cc1occc1-c1cc(C2=CCc3cnccc32)c2cccnc2n1.Nc1nccc2c(-c3cc(-c4c(F)cccc4F)nc4ncccc34)nccc12.O=c1[nH]cc(-c2cc(-c3cc(F)ccc3F)nc3ncccc23)c2ccncc12.O=c1cc(-c2cc(-c3cc(Cl)ccc3F)nc3ncccc23)c2ccncc2n1CCN1CCOCC1. The van der Waals surface area contributed by atoms with Gasteiger partial charge in [0.15, 0.2) is 22.6 Å². The van der Waals surface area contributed by atoms with Crippen molar-refractivity contribution >= 4 is 99.6 Å². The zero-order valence-electron chi connectivity index (χ0n) is 63.5. The van der Waals surface area contributed by atoms with Gasteiger partial charge in [-0.3, -0.25) is 34.4 Å². The summed E-state index contributed by atoms with van der Waals surface area (Å²) in [5.41, 5.74) is 20.1. The molecule has 0 atom stereocenters. The number of H-pyrrole nitrogens is 1. The quantitative estimate of drug-likeness (QED) is 0.114. The molecule has 0 spiro atoms. The second kappa shape index (κ2) is 33.0. The number of nitrogens with one attached hydrogen (secondary N) is 1. The van der Waals surface area contributed by atoms with Gasteiger partial charge in [0.2, 0.25) is 0 Å². The first kappa shape index (κ1) is 76.3. The van der Waals surface area contributed by atoms with Crippen LogP contribution in [0.3, 0.4) is 0 Å². The molecular formula is C93H63ClF5N17O4. The lowest BCUT2D eigenvalue weighted by Crippen LogP contribution is -2.39. The molecule has 1 saturated heterocycles. The molecule has 19 aromatic rings. The molecule has 0 radical (unpaired) electrons. The highest BCUT2D eigenvalue weighted by Crippen LogP contribution is 2.42. The van der Waals surface area contributed by atoms with Crippen molar-refractivity contribution in [1.82, 2.24) is 79.2 Å². The lowest BCUT2D eigenvalue weighted by Gasteiger charge is -2.27. The van der Waals surface area contributed by atoms with Gasteiger partial charge in [0.1, 0.15) is 40.7 Å². The Hall–Kier alpha value is -15.0. The van der Waals surface area contributed by atoms with Crippen LogP contribution in [0.15, 0.2) is 277 Å². The van der Waals surface area contributed by atoms with E-state index in [0.717, 1.165) is 116 Å². The number of halogens is 6. The summed E-state index contributed by atoms with van der Waals surface area (Å²) in [5.74, 6) is -1.74. The molecule has 586 valence electrons. The minimum Gasteiger partial charge on any atom is -0.469 e. The lowest BCUT2D eigenvalue weighted by atomic mass is 9.96. The highest BCUT2D eigenvalue weighted by Gasteiger charge is 2.25. The Morgan fingerprint density at radius 1 is 0.450 bits per heavy atom. The number of furan rings is 1. The molecule has 0 saturated carbocycles. The number of aryl methyl sites for hydroxylation is 1. The number of aromatic nitrogens is 15. The van der Waals surface area contributed by atoms with Gasteiger partial charge in [-0.25, -0.2) is 66.8 Å². The zero-order valence-corrected chi connectivity index (χ0v) is 64.2. The van der Waals surface area contributed by atoms with Crippen molar-refractivity contribution in [3.63, 3.8) is 0 Å². The minimum atomic E-state index is -0.696. The fourth-order valence-corrected chi connectivity index (χ4v) is 15.4. The summed E-state index contributed by atoms with van der Waals surface area (Å²) in [6.45, 7) is 6.34. The third-order valence-corrected chi connectivity index (χ3v) is 21.3. The number of morpholine rings is 1. The third-order valence-electron chi connectivity index (χ3n) is 21.0. The number of rotatable bonds is 11. The van der Waals surface area contributed by atoms with E-state index in [0.29, 0.717) is 97.3 Å². The van der Waals surface area contributed by atoms with Crippen LogP contribution < -0.4 is 16.9 Å². The van der Waals surface area contributed by atoms with Crippen molar-refractivity contribution in [2.24, 2.45) is 0 Å². The number of allylic oxidation sites excluding steroid dienone is 1. The van der Waals surface area contributed by atoms with Gasteiger partial charge in [-0.15, -0.1) is 0 Å². The fourth-order valence-electron chi connectivity index (χ4n) is 15.3. The Morgan fingerprint density at radius 2 is 1.01 bits per heavy atom. The van der Waals surface area contributed by atoms with Crippen molar-refractivity contribution in [1.29, 1.82) is 0 Å². The summed E-state index contributed by atoms with van der Waals surface area (Å²) in [6.07, 6.45) is 26.6. The number of nitrogens with two attached hydrogens (primary N) is 1. The number of aromatic amines is 1. The van der Waals surface area contributed by atoms with Gasteiger partial charge in [-0.1, -0.05) is 23.7 Å². The monoisotopic (exact) mass is 1610 g/mol. The van der Waals surface area contributed by atoms with Crippen molar-refractivity contribution in [3.05, 3.63) is 340 Å². The topological polar surface area (TPSA) is 274 Å². The van der Waals surface area contributed by atoms with E-state index >= 15 is 0 Å². The maximum absolute atomic E-state index is 14.8. The Labute approximate surface area is 683 Å². The molecule has 1 aliphatic carbocycles. The molecule has 3 aromatic carbocycles. The summed E-state index contributed by atoms with van der Waals surface area (Å²) < 4.78 is 84.5. The summed E-state index contributed by atoms with van der Waals surface area (Å²) >= 11 is 6.17. The summed E-state index contributed by atoms with van der Waals surface area (Å²) in [5, 5.41) is 7.15. The molecule has 1 aliphatic heterocycles. The maximum atomic E-state index is 14.8. The number of hydrogen-bond donors (Lipinski definition) is 2. The highest BCUT2D eigenvalue weighted by atomic mass is 35.5. The predicted molar refractivity (Wildman–Crippen MR) is 453 cm³/mol. The molecule has 17 heterocycles. The van der Waals surface area contributed by atoms with E-state index in [9.17, 15) is 31.5 Å². The van der Waals surface area contributed by atoms with Gasteiger partial charge >= 0.3 is 0 Å². The van der Waals surface area contributed by atoms with Crippen LogP contribution in [0.5, 0.6) is 0 Å². The number of pyridine rings is 15. The first-order chi connectivity index (χ1) is 58.6. The minimum absolute atomic E-state index is 0.0363. The zero-order chi connectivity index (χ0) is 82.1. The molecule has 3 N–H and O–H groups in total. The maximum Gasteiger partial charge on any atom is 0.257 e. The standard InChI is InChI=1S/C28H23ClFN5O2.C22H13F2N5.C22H12F2N4O.C21H15N3O/c29-18-3-4-24(30)23(14-18)25-15-21(20-2-1-6-32-28(20)33-25)22-16-27(36)35(26-17-31-7-5-19(22)26)9-8-34-10-12-37-13-11-34;23-16-4-1-5-17(24)19(16)18-11-15(14-3-2-8-28-22(14)29-18)20-12-6-10-27-21(25)13(12)7-9-26-20;23-12-3-4-19(24)16(8-12)20-9-15(14-2-1-6-26-21(14)28-20)17-11-27-22(29)18-10-25-7-5-13(17)18;1-13-15(7-10-25-13)20-11-19(18-3-2-8-23-21(18)24-20)17-5-4-14-12-22-9-6-16(14)17/h1-7,14-17H,8-13H2;1-11H,(H2,25,27);1-11H,(H,27,29);2-3,5-12H,4H2,1H3. The van der Waals surface area contributed by atoms with E-state index in [2.05, 4.69) is 94.0 Å². The third kappa shape index (κ3) is 15.0. The van der Waals surface area contributed by atoms with Crippen LogP contribution in [-0.4, -0.2) is 112 Å². The van der Waals surface area contributed by atoms with Gasteiger partial charge in [0.25, 0.3) is 11.1 Å². The Kier molecular flexibility index (Phi) is 21.0. The van der Waals surface area contributed by atoms with E-state index in [-0.39, 0.29) is 39.2 Å². The van der Waals surface area contributed by atoms with E-state index in [1.807, 2.05) is 61.8 Å². The van der Waals surface area contributed by atoms with Crippen LogP contribution in [-0.2, 0) is 17.7 Å². The number of nitrogen functional groups attached to an aromatic ring is 1. The second-order valence-electron chi connectivity index (χ2n) is 28.1. The largest absolute Gasteiger partial charge is 0.469 e. The van der Waals surface area contributed by atoms with E-state index in [4.69, 9.17) is 31.5 Å². The number of nitrogens with zero attached hydrogens (tertiary/aromatic N) is 15. The molecule has 0 unspecified atom stereocenters. The number of fused-ring (bicyclic) bond motifs is 8. The molecule has 21 nitrogen and oxygen atoms in total. The summed E-state index contributed by atoms with van der Waals surface area (Å²) in [7, 11) is 0. The first-order valence-electron chi connectivity index (χ1n) is 37.9. The molecule has 27 heteroatoms. The van der Waals surface area contributed by atoms with E-state index in [1.54, 1.807) is 133 Å².